The number of likely N-dealkylation sites (tertiary alicyclic amines) is 1. The minimum absolute atomic E-state index is 0. The molecule has 6 amide bonds. The molecular formula is C39H59N6O16Y-. The summed E-state index contributed by atoms with van der Waals surface area (Å²) in [6.45, 7) is 7.80. The number of hydrogen-bond donors (Lipinski definition) is 9. The number of aliphatic hydroxyl groups is 6. The van der Waals surface area contributed by atoms with Gasteiger partial charge >= 0.3 is 6.09 Å². The predicted octanol–water partition coefficient (Wildman–Crippen LogP) is -1.04. The van der Waals surface area contributed by atoms with Gasteiger partial charge in [0, 0.05) is 65.1 Å². The Bertz CT molecular complexity index is 1740. The Morgan fingerprint density at radius 3 is 2.21 bits per heavy atom. The van der Waals surface area contributed by atoms with Crippen molar-refractivity contribution in [3.8, 4) is 5.75 Å². The van der Waals surface area contributed by atoms with Crippen LogP contribution in [-0.2, 0) is 77.5 Å². The normalized spacial score (nSPS) is 30.1. The summed E-state index contributed by atoms with van der Waals surface area (Å²) < 4.78 is 21.7. The summed E-state index contributed by atoms with van der Waals surface area (Å²) in [6, 6.07) is 3.00. The average molecular weight is 957 g/mol. The molecule has 11 unspecified atom stereocenters. The van der Waals surface area contributed by atoms with Gasteiger partial charge in [0.15, 0.2) is 6.17 Å². The molecule has 10 N–H and O–H groups in total. The van der Waals surface area contributed by atoms with Crippen LogP contribution >= 0.6 is 0 Å². The van der Waals surface area contributed by atoms with E-state index in [9.17, 15) is 59.4 Å². The number of ether oxygens (including phenoxy) is 4. The number of benzene rings is 1. The van der Waals surface area contributed by atoms with E-state index in [1.54, 1.807) is 13.8 Å². The summed E-state index contributed by atoms with van der Waals surface area (Å²) in [5, 5.41) is 68.3. The maximum Gasteiger partial charge on any atom is 0.409 e. The molecular weight excluding hydrogens is 897 g/mol. The van der Waals surface area contributed by atoms with Crippen LogP contribution in [0.4, 0.5) is 10.5 Å². The molecule has 62 heavy (non-hydrogen) atoms. The Hall–Kier alpha value is -3.42. The first-order chi connectivity index (χ1) is 28.8. The van der Waals surface area contributed by atoms with Gasteiger partial charge in [-0.3, -0.25) is 34.2 Å². The second-order valence-corrected chi connectivity index (χ2v) is 15.9. The van der Waals surface area contributed by atoms with E-state index < -0.39 is 110 Å². The fraction of sp³-hybridized carbons (Fsp3) is 0.692. The molecule has 1 aromatic carbocycles. The van der Waals surface area contributed by atoms with Crippen LogP contribution in [0, 0.1) is 5.41 Å². The molecule has 22 nitrogen and oxygen atoms in total. The van der Waals surface area contributed by atoms with E-state index >= 15 is 0 Å². The second kappa shape index (κ2) is 23.5. The smallest absolute Gasteiger partial charge is 0.409 e. The van der Waals surface area contributed by atoms with Crippen molar-refractivity contribution in [2.45, 2.75) is 147 Å². The first kappa shape index (κ1) is 52.9. The number of anilines is 1. The summed E-state index contributed by atoms with van der Waals surface area (Å²) in [5.74, 6) is -2.63. The number of nitrogens with one attached hydrogen (secondary N) is 4. The van der Waals surface area contributed by atoms with Crippen molar-refractivity contribution >= 4 is 41.3 Å². The van der Waals surface area contributed by atoms with Crippen LogP contribution in [0.15, 0.2) is 18.2 Å². The van der Waals surface area contributed by atoms with Gasteiger partial charge in [0.25, 0.3) is 5.91 Å². The number of carbonyl (C=O) groups is 6. The SMILES string of the molecule is CC1OC([NH-])C(O)C(O)C1N1C(=O)C1NC(=O)OCc1ccc(OC2OC(CO)C(O)C(O)C2O)c(NC(=O)CCNC(=O)CCN2C(=O)CC(C)(C)C2=O)c1.CCCCC.[Y]. The van der Waals surface area contributed by atoms with E-state index in [-0.39, 0.29) is 93.9 Å². The zero-order chi connectivity index (χ0) is 45.3. The molecule has 4 fully saturated rings. The van der Waals surface area contributed by atoms with Gasteiger partial charge in [-0.2, -0.15) is 0 Å². The molecule has 0 saturated carbocycles. The molecule has 0 bridgehead atoms. The van der Waals surface area contributed by atoms with Crippen LogP contribution in [0.25, 0.3) is 5.73 Å². The Morgan fingerprint density at radius 1 is 0.935 bits per heavy atom. The number of imide groups is 1. The number of amides is 6. The molecule has 1 aromatic rings. The van der Waals surface area contributed by atoms with Crippen LogP contribution < -0.4 is 20.7 Å². The first-order valence-electron chi connectivity index (χ1n) is 20.3. The molecule has 4 aliphatic rings. The van der Waals surface area contributed by atoms with Crippen molar-refractivity contribution in [1.29, 1.82) is 0 Å². The van der Waals surface area contributed by atoms with E-state index in [2.05, 4.69) is 29.8 Å². The van der Waals surface area contributed by atoms with Gasteiger partial charge in [-0.1, -0.05) is 53.0 Å². The predicted molar refractivity (Wildman–Crippen MR) is 210 cm³/mol. The molecule has 5 rings (SSSR count). The van der Waals surface area contributed by atoms with Gasteiger partial charge in [0.05, 0.1) is 36.0 Å². The largest absolute Gasteiger partial charge is 0.649 e. The van der Waals surface area contributed by atoms with E-state index in [1.165, 1.54) is 44.4 Å². The van der Waals surface area contributed by atoms with Crippen LogP contribution in [-0.4, -0.2) is 163 Å². The van der Waals surface area contributed by atoms with E-state index in [0.29, 0.717) is 0 Å². The number of carbonyl (C=O) groups excluding carboxylic acids is 6. The zero-order valence-electron chi connectivity index (χ0n) is 35.4. The van der Waals surface area contributed by atoms with Crippen molar-refractivity contribution in [3.63, 3.8) is 0 Å². The quantitative estimate of drug-likeness (QED) is 0.0706. The molecule has 0 aromatic heterocycles. The second-order valence-electron chi connectivity index (χ2n) is 15.9. The Labute approximate surface area is 384 Å². The summed E-state index contributed by atoms with van der Waals surface area (Å²) >= 11 is 0. The van der Waals surface area contributed by atoms with Crippen LogP contribution in [0.5, 0.6) is 5.75 Å². The Kier molecular flexibility index (Phi) is 20.1. The van der Waals surface area contributed by atoms with Gasteiger partial charge in [0.1, 0.15) is 42.9 Å². The molecule has 11 atom stereocenters. The maximum atomic E-state index is 13.0. The maximum absolute atomic E-state index is 13.0. The van der Waals surface area contributed by atoms with E-state index in [4.69, 9.17) is 24.7 Å². The summed E-state index contributed by atoms with van der Waals surface area (Å²) in [4.78, 5) is 77.3. The van der Waals surface area contributed by atoms with Crippen molar-refractivity contribution < 1.29 is 111 Å². The molecule has 4 heterocycles. The number of aliphatic hydroxyl groups excluding tert-OH is 6. The van der Waals surface area contributed by atoms with Gasteiger partial charge in [-0.15, -0.1) is 0 Å². The number of nitrogens with zero attached hydrogens (tertiary/aromatic N) is 2. The molecule has 345 valence electrons. The first-order valence-corrected chi connectivity index (χ1v) is 20.3. The zero-order valence-corrected chi connectivity index (χ0v) is 38.2. The van der Waals surface area contributed by atoms with Crippen LogP contribution in [0.3, 0.4) is 0 Å². The standard InChI is InChI=1S/C34H47N6O16.C5H12.Y/c1-14-22(24(46)26(48)28(35)54-14)40-29(30(40)50)38-33(52)53-13-15-4-5-17(55-31-27(49)25(47)23(45)18(12-41)56-31)16(10-15)37-20(43)6-8-36-19(42)7-9-39-21(44)11-34(2,3)32(39)51;1-3-5-4-2;/h4-5,10,14,18,22-29,31,35,41,45-49H,6-9,11-13H2,1-3H3,(H,36,42)(H,37,43)(H,38,52);3-5H2,1-2H3;/q-1;;. The van der Waals surface area contributed by atoms with E-state index in [0.717, 1.165) is 9.80 Å². The number of hydrogen-bond acceptors (Lipinski definition) is 16. The molecule has 4 saturated heterocycles. The fourth-order valence-corrected chi connectivity index (χ4v) is 6.98. The number of unbranched alkanes of at least 4 members (excludes halogenated alkanes) is 2. The molecule has 4 aliphatic heterocycles. The third-order valence-corrected chi connectivity index (χ3v) is 10.6. The monoisotopic (exact) mass is 956 g/mol. The van der Waals surface area contributed by atoms with Crippen molar-refractivity contribution in [1.82, 2.24) is 20.4 Å². The molecule has 0 spiro atoms. The molecule has 0 aliphatic carbocycles. The van der Waals surface area contributed by atoms with Crippen LogP contribution in [0.1, 0.15) is 78.7 Å². The Balaban J connectivity index is 0.00000161. The Morgan fingerprint density at radius 2 is 1.61 bits per heavy atom. The van der Waals surface area contributed by atoms with Crippen molar-refractivity contribution in [2.75, 3.05) is 25.0 Å². The number of alkyl carbamates (subject to hydrolysis) is 1. The minimum atomic E-state index is -1.79. The van der Waals surface area contributed by atoms with E-state index in [1.807, 2.05) is 0 Å². The minimum Gasteiger partial charge on any atom is -0.649 e. The van der Waals surface area contributed by atoms with Crippen molar-refractivity contribution in [3.05, 3.63) is 29.5 Å². The van der Waals surface area contributed by atoms with Gasteiger partial charge < -0.3 is 70.9 Å². The number of rotatable bonds is 16. The summed E-state index contributed by atoms with van der Waals surface area (Å²) in [5.41, 5.74) is 7.05. The summed E-state index contributed by atoms with van der Waals surface area (Å²) in [7, 11) is 0. The third-order valence-electron chi connectivity index (χ3n) is 10.6. The van der Waals surface area contributed by atoms with Gasteiger partial charge in [-0.05, 0) is 30.8 Å². The summed E-state index contributed by atoms with van der Waals surface area (Å²) in [6.07, 6.45) is -12.1. The molecule has 1 radical (unpaired) electrons. The van der Waals surface area contributed by atoms with Gasteiger partial charge in [0.2, 0.25) is 29.9 Å². The van der Waals surface area contributed by atoms with Crippen molar-refractivity contribution in [2.24, 2.45) is 5.41 Å². The van der Waals surface area contributed by atoms with Gasteiger partial charge in [-0.25, -0.2) is 4.79 Å². The topological polar surface area (TPSA) is 327 Å². The average Bonchev–Trinajstić information content (AvgIpc) is 3.76. The molecule has 23 heteroatoms. The third kappa shape index (κ3) is 13.3. The fourth-order valence-electron chi connectivity index (χ4n) is 6.98. The van der Waals surface area contributed by atoms with Crippen LogP contribution in [0.2, 0.25) is 0 Å².